The summed E-state index contributed by atoms with van der Waals surface area (Å²) in [7, 11) is 0. The maximum absolute atomic E-state index is 13.0. The summed E-state index contributed by atoms with van der Waals surface area (Å²) in [6, 6.07) is 5.69. The van der Waals surface area contributed by atoms with Crippen molar-refractivity contribution >= 4 is 23.2 Å². The van der Waals surface area contributed by atoms with E-state index in [9.17, 15) is 22.8 Å². The fourth-order valence-corrected chi connectivity index (χ4v) is 4.47. The molecule has 1 N–H and O–H groups in total. The van der Waals surface area contributed by atoms with Crippen molar-refractivity contribution in [2.45, 2.75) is 37.9 Å². The smallest absolute Gasteiger partial charge is 0.369 e. The van der Waals surface area contributed by atoms with Crippen molar-refractivity contribution < 1.29 is 22.8 Å². The summed E-state index contributed by atoms with van der Waals surface area (Å²) in [4.78, 5) is 30.1. The number of halogens is 3. The molecule has 2 fully saturated rings. The van der Waals surface area contributed by atoms with Gasteiger partial charge < -0.3 is 9.80 Å². The molecule has 0 unspecified atom stereocenters. The van der Waals surface area contributed by atoms with Crippen LogP contribution >= 0.6 is 0 Å². The number of rotatable bonds is 3. The molecule has 0 bridgehead atoms. The summed E-state index contributed by atoms with van der Waals surface area (Å²) in [5.41, 5.74) is 2.73. The number of benzene rings is 1. The molecule has 31 heavy (non-hydrogen) atoms. The number of amides is 2. The topological polar surface area (TPSA) is 68.2 Å². The van der Waals surface area contributed by atoms with Crippen molar-refractivity contribution in [2.75, 3.05) is 44.2 Å². The maximum Gasteiger partial charge on any atom is 0.416 e. The lowest BCUT2D eigenvalue weighted by Gasteiger charge is -2.44. The zero-order chi connectivity index (χ0) is 22.0. The predicted molar refractivity (Wildman–Crippen MR) is 110 cm³/mol. The number of hydrazone groups is 1. The predicted octanol–water partition coefficient (Wildman–Crippen LogP) is 2.08. The summed E-state index contributed by atoms with van der Waals surface area (Å²) in [5, 5.41) is 3.92. The van der Waals surface area contributed by atoms with Crippen molar-refractivity contribution in [3.05, 3.63) is 29.8 Å². The van der Waals surface area contributed by atoms with Gasteiger partial charge in [0.25, 0.3) is 5.91 Å². The lowest BCUT2D eigenvalue weighted by molar-refractivity contribution is -0.137. The Morgan fingerprint density at radius 2 is 1.87 bits per heavy atom. The van der Waals surface area contributed by atoms with Crippen molar-refractivity contribution in [1.29, 1.82) is 0 Å². The highest BCUT2D eigenvalue weighted by Crippen LogP contribution is 2.32. The first-order valence-electron chi connectivity index (χ1n) is 10.6. The Morgan fingerprint density at radius 1 is 1.10 bits per heavy atom. The Labute approximate surface area is 178 Å². The maximum atomic E-state index is 13.0. The molecule has 0 saturated carbocycles. The van der Waals surface area contributed by atoms with Gasteiger partial charge in [-0.3, -0.25) is 14.5 Å². The van der Waals surface area contributed by atoms with Crippen LogP contribution < -0.4 is 10.3 Å². The van der Waals surface area contributed by atoms with Gasteiger partial charge in [-0.05, 0) is 31.0 Å². The van der Waals surface area contributed by atoms with E-state index >= 15 is 0 Å². The van der Waals surface area contributed by atoms with Gasteiger partial charge in [-0.15, -0.1) is 0 Å². The fourth-order valence-electron chi connectivity index (χ4n) is 4.47. The molecule has 4 rings (SSSR count). The molecule has 3 aliphatic heterocycles. The molecule has 1 aromatic carbocycles. The Morgan fingerprint density at radius 3 is 2.55 bits per heavy atom. The molecular formula is C21H26F3N5O2. The summed E-state index contributed by atoms with van der Waals surface area (Å²) in [6.07, 6.45) is -1.83. The van der Waals surface area contributed by atoms with E-state index in [4.69, 9.17) is 0 Å². The Hall–Kier alpha value is -2.62. The van der Waals surface area contributed by atoms with Gasteiger partial charge in [0, 0.05) is 63.8 Å². The van der Waals surface area contributed by atoms with E-state index in [2.05, 4.69) is 15.4 Å². The number of carbonyl (C=O) groups excluding carboxylic acids is 2. The fraction of sp³-hybridized carbons (Fsp3) is 0.571. The van der Waals surface area contributed by atoms with E-state index in [0.717, 1.165) is 32.0 Å². The van der Waals surface area contributed by atoms with Crippen molar-refractivity contribution in [3.63, 3.8) is 0 Å². The minimum atomic E-state index is -4.35. The highest BCUT2D eigenvalue weighted by Gasteiger charge is 2.33. The molecule has 0 aliphatic carbocycles. The molecule has 168 valence electrons. The summed E-state index contributed by atoms with van der Waals surface area (Å²) in [5.74, 6) is -0.293. The zero-order valence-electron chi connectivity index (χ0n) is 17.2. The molecule has 10 heteroatoms. The number of likely N-dealkylation sites (tertiary alicyclic amines) is 1. The van der Waals surface area contributed by atoms with Gasteiger partial charge in [0.15, 0.2) is 0 Å². The van der Waals surface area contributed by atoms with Gasteiger partial charge in [-0.1, -0.05) is 6.07 Å². The minimum Gasteiger partial charge on any atom is -0.369 e. The molecule has 2 saturated heterocycles. The lowest BCUT2D eigenvalue weighted by Crippen LogP contribution is -2.56. The second-order valence-corrected chi connectivity index (χ2v) is 8.21. The first kappa shape index (κ1) is 21.6. The van der Waals surface area contributed by atoms with Gasteiger partial charge in [0.2, 0.25) is 5.91 Å². The standard InChI is InChI=1S/C21H26F3N5O2/c22-21(23,24)15-3-1-4-16(13-15)27-9-11-28(12-10-27)17-5-2-8-29(14-17)20(31)18-6-7-19(30)26-25-18/h1,3-4,13,17H,2,5-12,14H2,(H,26,30)/t17-/m0/s1. The van der Waals surface area contributed by atoms with Gasteiger partial charge in [-0.25, -0.2) is 5.43 Å². The average molecular weight is 437 g/mol. The molecule has 3 aliphatic rings. The quantitative estimate of drug-likeness (QED) is 0.787. The van der Waals surface area contributed by atoms with Gasteiger partial charge in [0.05, 0.1) is 5.56 Å². The van der Waals surface area contributed by atoms with Crippen LogP contribution in [0.5, 0.6) is 0 Å². The van der Waals surface area contributed by atoms with E-state index in [-0.39, 0.29) is 24.3 Å². The highest BCUT2D eigenvalue weighted by molar-refractivity contribution is 6.39. The van der Waals surface area contributed by atoms with Gasteiger partial charge >= 0.3 is 6.18 Å². The number of hydrogen-bond donors (Lipinski definition) is 1. The van der Waals surface area contributed by atoms with E-state index in [1.165, 1.54) is 12.1 Å². The molecule has 2 amide bonds. The molecule has 0 radical (unpaired) electrons. The summed E-state index contributed by atoms with van der Waals surface area (Å²) < 4.78 is 39.0. The van der Waals surface area contributed by atoms with Crippen LogP contribution in [-0.2, 0) is 15.8 Å². The number of carbonyl (C=O) groups is 2. The molecule has 0 spiro atoms. The van der Waals surface area contributed by atoms with Crippen molar-refractivity contribution in [1.82, 2.24) is 15.2 Å². The molecule has 1 aromatic rings. The molecule has 0 aromatic heterocycles. The number of alkyl halides is 3. The summed E-state index contributed by atoms with van der Waals surface area (Å²) in [6.45, 7) is 4.04. The second kappa shape index (κ2) is 8.86. The molecule has 3 heterocycles. The number of piperazine rings is 1. The number of hydrogen-bond acceptors (Lipinski definition) is 5. The molecule has 1 atom stereocenters. The highest BCUT2D eigenvalue weighted by atomic mass is 19.4. The molecule has 7 nitrogen and oxygen atoms in total. The third-order valence-corrected chi connectivity index (χ3v) is 6.20. The normalized spacial score (nSPS) is 23.4. The van der Waals surface area contributed by atoms with E-state index in [1.807, 2.05) is 9.80 Å². The third kappa shape index (κ3) is 5.00. The van der Waals surface area contributed by atoms with Crippen LogP contribution in [0.25, 0.3) is 0 Å². The average Bonchev–Trinajstić information content (AvgIpc) is 2.79. The number of nitrogens with one attached hydrogen (secondary N) is 1. The number of nitrogens with zero attached hydrogens (tertiary/aromatic N) is 4. The van der Waals surface area contributed by atoms with E-state index in [1.54, 1.807) is 6.07 Å². The van der Waals surface area contributed by atoms with Gasteiger partial charge in [-0.2, -0.15) is 18.3 Å². The van der Waals surface area contributed by atoms with E-state index < -0.39 is 11.7 Å². The van der Waals surface area contributed by atoms with Crippen LogP contribution in [0.1, 0.15) is 31.2 Å². The van der Waals surface area contributed by atoms with Gasteiger partial charge in [0.1, 0.15) is 5.71 Å². The van der Waals surface area contributed by atoms with Crippen LogP contribution in [0, 0.1) is 0 Å². The number of piperidine rings is 1. The zero-order valence-corrected chi connectivity index (χ0v) is 17.2. The van der Waals surface area contributed by atoms with Crippen LogP contribution in [0.2, 0.25) is 0 Å². The van der Waals surface area contributed by atoms with Crippen LogP contribution in [0.15, 0.2) is 29.4 Å². The molecular weight excluding hydrogens is 411 g/mol. The van der Waals surface area contributed by atoms with Crippen molar-refractivity contribution in [3.8, 4) is 0 Å². The Bertz CT molecular complexity index is 865. The first-order chi connectivity index (χ1) is 14.8. The van der Waals surface area contributed by atoms with Crippen LogP contribution in [0.4, 0.5) is 18.9 Å². The Balaban J connectivity index is 1.34. The van der Waals surface area contributed by atoms with Crippen LogP contribution in [-0.4, -0.2) is 72.6 Å². The SMILES string of the molecule is O=C1CCC(C(=O)N2CCC[C@H](N3CCN(c4cccc(C(F)(F)F)c4)CC3)C2)=NN1. The van der Waals surface area contributed by atoms with E-state index in [0.29, 0.717) is 44.0 Å². The lowest BCUT2D eigenvalue weighted by atomic mass is 10.0. The Kier molecular flexibility index (Phi) is 6.17. The second-order valence-electron chi connectivity index (χ2n) is 8.21. The first-order valence-corrected chi connectivity index (χ1v) is 10.6. The minimum absolute atomic E-state index is 0.118. The largest absolute Gasteiger partial charge is 0.416 e. The monoisotopic (exact) mass is 437 g/mol. The third-order valence-electron chi connectivity index (χ3n) is 6.20. The number of anilines is 1. The van der Waals surface area contributed by atoms with Crippen molar-refractivity contribution in [2.24, 2.45) is 5.10 Å². The van der Waals surface area contributed by atoms with Crippen LogP contribution in [0.3, 0.4) is 0 Å². The summed E-state index contributed by atoms with van der Waals surface area (Å²) >= 11 is 0.